The number of hydrogen-bond acceptors (Lipinski definition) is 5. The molecule has 0 aromatic heterocycles. The van der Waals surface area contributed by atoms with Gasteiger partial charge in [0.05, 0.1) is 13.2 Å². The Hall–Kier alpha value is -3.51. The number of anilines is 1. The van der Waals surface area contributed by atoms with Crippen molar-refractivity contribution in [2.75, 3.05) is 18.5 Å². The molecule has 0 aliphatic rings. The smallest absolute Gasteiger partial charge is 0.321 e. The van der Waals surface area contributed by atoms with E-state index in [4.69, 9.17) is 9.05 Å². The number of hydrogen-bond donors (Lipinski definition) is 2. The number of amides is 2. The molecule has 8 heteroatoms. The van der Waals surface area contributed by atoms with Crippen molar-refractivity contribution in [1.29, 1.82) is 0 Å². The molecule has 0 aliphatic carbocycles. The second-order valence-corrected chi connectivity index (χ2v) is 9.02. The van der Waals surface area contributed by atoms with Crippen LogP contribution in [0.3, 0.4) is 0 Å². The van der Waals surface area contributed by atoms with Gasteiger partial charge in [0.25, 0.3) is 11.8 Å². The van der Waals surface area contributed by atoms with Gasteiger partial charge in [-0.15, -0.1) is 0 Å². The molecule has 3 rings (SSSR count). The van der Waals surface area contributed by atoms with Crippen LogP contribution in [0.15, 0.2) is 96.7 Å². The van der Waals surface area contributed by atoms with Crippen molar-refractivity contribution in [1.82, 2.24) is 5.32 Å². The van der Waals surface area contributed by atoms with Crippen LogP contribution < -0.4 is 10.6 Å². The van der Waals surface area contributed by atoms with Gasteiger partial charge in [0, 0.05) is 11.3 Å². The quantitative estimate of drug-likeness (QED) is 0.288. The topological polar surface area (TPSA) is 93.7 Å². The van der Waals surface area contributed by atoms with E-state index in [1.165, 1.54) is 0 Å². The fourth-order valence-electron chi connectivity index (χ4n) is 3.26. The standard InChI is InChI=1S/C26H27N2O5P/c1-3-32-34(31,33-4-2)24(20-14-8-5-9-15-20)23(26(30)27-22-18-12-7-13-19-22)28-25(29)21-16-10-6-11-17-21/h5-19H,3-4H2,1-2H3,(H,27,30)(H,28,29)/b24-23-. The summed E-state index contributed by atoms with van der Waals surface area (Å²) in [5.74, 6) is -1.19. The summed E-state index contributed by atoms with van der Waals surface area (Å²) in [6.07, 6.45) is 0. The highest BCUT2D eigenvalue weighted by Crippen LogP contribution is 2.61. The monoisotopic (exact) mass is 478 g/mol. The maximum Gasteiger partial charge on any atom is 0.364 e. The van der Waals surface area contributed by atoms with Crippen LogP contribution in [-0.2, 0) is 18.4 Å². The maximum absolute atomic E-state index is 14.0. The van der Waals surface area contributed by atoms with Gasteiger partial charge in [0.15, 0.2) is 0 Å². The molecule has 0 aliphatic heterocycles. The van der Waals surface area contributed by atoms with Crippen molar-refractivity contribution in [2.24, 2.45) is 0 Å². The lowest BCUT2D eigenvalue weighted by molar-refractivity contribution is -0.113. The maximum atomic E-state index is 14.0. The zero-order valence-electron chi connectivity index (χ0n) is 19.1. The molecular formula is C26H27N2O5P. The first-order chi connectivity index (χ1) is 16.5. The Morgan fingerprint density at radius 2 is 1.21 bits per heavy atom. The molecule has 0 saturated carbocycles. The molecule has 2 N–H and O–H groups in total. The Bertz CT molecular complexity index is 1170. The van der Waals surface area contributed by atoms with Crippen molar-refractivity contribution in [2.45, 2.75) is 13.8 Å². The van der Waals surface area contributed by atoms with Crippen molar-refractivity contribution in [3.05, 3.63) is 108 Å². The van der Waals surface area contributed by atoms with E-state index >= 15 is 0 Å². The van der Waals surface area contributed by atoms with Gasteiger partial charge in [-0.2, -0.15) is 0 Å². The predicted molar refractivity (Wildman–Crippen MR) is 133 cm³/mol. The first-order valence-corrected chi connectivity index (χ1v) is 12.4. The fourth-order valence-corrected chi connectivity index (χ4v) is 5.16. The first kappa shape index (κ1) is 25.1. The molecule has 3 aromatic rings. The van der Waals surface area contributed by atoms with Gasteiger partial charge in [-0.05, 0) is 43.7 Å². The van der Waals surface area contributed by atoms with Crippen LogP contribution in [0.25, 0.3) is 5.31 Å². The molecule has 2 amide bonds. The fraction of sp³-hybridized carbons (Fsp3) is 0.154. The number of nitrogens with one attached hydrogen (secondary N) is 2. The zero-order chi connectivity index (χ0) is 24.4. The van der Waals surface area contributed by atoms with E-state index in [0.717, 1.165) is 0 Å². The minimum absolute atomic E-state index is 0.0190. The second-order valence-electron chi connectivity index (χ2n) is 7.06. The van der Waals surface area contributed by atoms with Gasteiger partial charge in [-0.3, -0.25) is 14.2 Å². The molecule has 0 radical (unpaired) electrons. The van der Waals surface area contributed by atoms with E-state index in [1.54, 1.807) is 98.8 Å². The highest BCUT2D eigenvalue weighted by atomic mass is 31.2. The number of carbonyl (C=O) groups excluding carboxylic acids is 2. The molecule has 34 heavy (non-hydrogen) atoms. The van der Waals surface area contributed by atoms with Crippen LogP contribution in [0.2, 0.25) is 0 Å². The van der Waals surface area contributed by atoms with Crippen LogP contribution >= 0.6 is 7.60 Å². The molecule has 0 bridgehead atoms. The Morgan fingerprint density at radius 3 is 1.71 bits per heavy atom. The molecule has 176 valence electrons. The van der Waals surface area contributed by atoms with Crippen LogP contribution in [0, 0.1) is 0 Å². The molecule has 3 aromatic carbocycles. The van der Waals surface area contributed by atoms with Crippen molar-refractivity contribution >= 4 is 30.4 Å². The number of rotatable bonds is 10. The van der Waals surface area contributed by atoms with Gasteiger partial charge >= 0.3 is 7.60 Å². The summed E-state index contributed by atoms with van der Waals surface area (Å²) in [6.45, 7) is 3.52. The molecule has 7 nitrogen and oxygen atoms in total. The molecule has 0 heterocycles. The van der Waals surface area contributed by atoms with Gasteiger partial charge in [0.1, 0.15) is 11.0 Å². The Balaban J connectivity index is 2.21. The Kier molecular flexibility index (Phi) is 8.93. The van der Waals surface area contributed by atoms with Crippen LogP contribution in [0.1, 0.15) is 29.8 Å². The largest absolute Gasteiger partial charge is 0.364 e. The van der Waals surface area contributed by atoms with E-state index in [1.807, 2.05) is 6.07 Å². The summed E-state index contributed by atoms with van der Waals surface area (Å²) in [7, 11) is -4.01. The Labute approximate surface area is 199 Å². The average Bonchev–Trinajstić information content (AvgIpc) is 2.85. The molecule has 0 fully saturated rings. The summed E-state index contributed by atoms with van der Waals surface area (Å²) in [6, 6.07) is 25.9. The van der Waals surface area contributed by atoms with Crippen LogP contribution in [-0.4, -0.2) is 25.0 Å². The van der Waals surface area contributed by atoms with Gasteiger partial charge in [-0.25, -0.2) is 0 Å². The van der Waals surface area contributed by atoms with E-state index in [9.17, 15) is 14.2 Å². The lowest BCUT2D eigenvalue weighted by Gasteiger charge is -2.24. The summed E-state index contributed by atoms with van der Waals surface area (Å²) < 4.78 is 25.2. The van der Waals surface area contributed by atoms with Gasteiger partial charge in [0.2, 0.25) is 0 Å². The summed E-state index contributed by atoms with van der Waals surface area (Å²) in [5.41, 5.74) is 1.06. The highest BCUT2D eigenvalue weighted by Gasteiger charge is 2.37. The van der Waals surface area contributed by atoms with E-state index < -0.39 is 19.4 Å². The summed E-state index contributed by atoms with van der Waals surface area (Å²) in [4.78, 5) is 26.6. The van der Waals surface area contributed by atoms with E-state index in [-0.39, 0.29) is 24.2 Å². The molecule has 0 spiro atoms. The first-order valence-electron chi connectivity index (χ1n) is 10.9. The third-order valence-corrected chi connectivity index (χ3v) is 6.91. The molecular weight excluding hydrogens is 451 g/mol. The van der Waals surface area contributed by atoms with E-state index in [2.05, 4.69) is 10.6 Å². The predicted octanol–water partition coefficient (Wildman–Crippen LogP) is 5.69. The van der Waals surface area contributed by atoms with Crippen molar-refractivity contribution in [3.63, 3.8) is 0 Å². The number of carbonyl (C=O) groups is 2. The van der Waals surface area contributed by atoms with Crippen molar-refractivity contribution < 1.29 is 23.2 Å². The molecule has 0 unspecified atom stereocenters. The minimum Gasteiger partial charge on any atom is -0.321 e. The summed E-state index contributed by atoms with van der Waals surface area (Å²) in [5, 5.41) is 5.41. The van der Waals surface area contributed by atoms with Gasteiger partial charge in [-0.1, -0.05) is 66.7 Å². The lowest BCUT2D eigenvalue weighted by Crippen LogP contribution is -2.32. The molecule has 0 atom stereocenters. The lowest BCUT2D eigenvalue weighted by atomic mass is 10.1. The van der Waals surface area contributed by atoms with Crippen LogP contribution in [0.4, 0.5) is 5.69 Å². The third kappa shape index (κ3) is 6.29. The van der Waals surface area contributed by atoms with Gasteiger partial charge < -0.3 is 19.7 Å². The Morgan fingerprint density at radius 1 is 0.735 bits per heavy atom. The van der Waals surface area contributed by atoms with Crippen molar-refractivity contribution in [3.8, 4) is 0 Å². The summed E-state index contributed by atoms with van der Waals surface area (Å²) >= 11 is 0. The molecule has 0 saturated heterocycles. The normalized spacial score (nSPS) is 11.9. The average molecular weight is 478 g/mol. The third-order valence-electron chi connectivity index (χ3n) is 4.69. The number of benzene rings is 3. The zero-order valence-corrected chi connectivity index (χ0v) is 20.0. The second kappa shape index (κ2) is 12.1. The van der Waals surface area contributed by atoms with Crippen LogP contribution in [0.5, 0.6) is 0 Å². The SMILES string of the molecule is CCOP(=O)(OCC)/C(=C(\NC(=O)c1ccccc1)C(=O)Nc1ccccc1)c1ccccc1. The van der Waals surface area contributed by atoms with E-state index in [0.29, 0.717) is 16.8 Å². The number of para-hydroxylation sites is 1. The minimum atomic E-state index is -4.01. The highest BCUT2D eigenvalue weighted by molar-refractivity contribution is 7.65.